The van der Waals surface area contributed by atoms with Gasteiger partial charge in [-0.05, 0) is 75.9 Å². The molecule has 0 bridgehead atoms. The Morgan fingerprint density at radius 1 is 1.00 bits per heavy atom. The lowest BCUT2D eigenvalue weighted by Crippen LogP contribution is -2.50. The van der Waals surface area contributed by atoms with Crippen molar-refractivity contribution in [2.24, 2.45) is 0 Å². The van der Waals surface area contributed by atoms with Crippen molar-refractivity contribution in [3.05, 3.63) is 70.0 Å². The fourth-order valence-corrected chi connectivity index (χ4v) is 7.62. The third kappa shape index (κ3) is 6.54. The van der Waals surface area contributed by atoms with Gasteiger partial charge in [-0.3, -0.25) is 39.1 Å². The Hall–Kier alpha value is -5.24. The molecule has 1 aliphatic carbocycles. The summed E-state index contributed by atoms with van der Waals surface area (Å²) in [5.41, 5.74) is 3.85. The molecule has 2 aliphatic heterocycles. The Labute approximate surface area is 289 Å². The van der Waals surface area contributed by atoms with E-state index in [9.17, 15) is 19.2 Å². The summed E-state index contributed by atoms with van der Waals surface area (Å²) in [6.45, 7) is 5.97. The number of hydrogen-bond donors (Lipinski definition) is 2. The molecule has 2 N–H and O–H groups in total. The minimum Gasteiger partial charge on any atom is -0.370 e. The number of piperidine rings is 1. The molecule has 4 aromatic heterocycles. The van der Waals surface area contributed by atoms with Crippen molar-refractivity contribution in [3.63, 3.8) is 0 Å². The third-order valence-electron chi connectivity index (χ3n) is 10.3. The molecule has 6 heterocycles. The van der Waals surface area contributed by atoms with Gasteiger partial charge in [0.2, 0.25) is 11.9 Å². The number of fused-ring (bicyclic) bond motifs is 1. The Morgan fingerprint density at radius 2 is 1.78 bits per heavy atom. The lowest BCUT2D eigenvalue weighted by molar-refractivity contribution is -0.120. The highest BCUT2D eigenvalue weighted by molar-refractivity contribution is 6.05. The van der Waals surface area contributed by atoms with Gasteiger partial charge in [0, 0.05) is 62.5 Å². The second-order valence-corrected chi connectivity index (χ2v) is 13.5. The van der Waals surface area contributed by atoms with E-state index >= 15 is 0 Å². The standard InChI is InChI=1S/C36H42N10O4/c1-22-28-19-39-35(42-33(28)46(26-6-4-5-7-26)34(49)32(22)23(2)47)40-30-9-8-27(18-38-30)44-15-11-25(12-16-44)43(3)21-24-10-14-37-20-29(24)45-17-13-31(48)41-36(45)50/h8-10,14,18-20,25-26H,4-7,11-13,15-17,21H2,1-3H3,(H,41,48,50)(H,38,39,40,42). The average molecular weight is 679 g/mol. The van der Waals surface area contributed by atoms with Gasteiger partial charge in [-0.25, -0.2) is 14.8 Å². The normalized spacial score (nSPS) is 17.5. The van der Waals surface area contributed by atoms with Gasteiger partial charge in [0.1, 0.15) is 11.5 Å². The fourth-order valence-electron chi connectivity index (χ4n) is 7.62. The molecule has 14 heteroatoms. The van der Waals surface area contributed by atoms with E-state index < -0.39 is 6.03 Å². The summed E-state index contributed by atoms with van der Waals surface area (Å²) in [7, 11) is 2.11. The number of aromatic nitrogens is 5. The number of urea groups is 1. The largest absolute Gasteiger partial charge is 0.370 e. The van der Waals surface area contributed by atoms with Crippen LogP contribution in [-0.4, -0.2) is 79.8 Å². The number of anilines is 4. The van der Waals surface area contributed by atoms with Crippen LogP contribution in [0.3, 0.4) is 0 Å². The van der Waals surface area contributed by atoms with Gasteiger partial charge >= 0.3 is 6.03 Å². The molecule has 0 unspecified atom stereocenters. The molecule has 3 fully saturated rings. The number of rotatable bonds is 9. The van der Waals surface area contributed by atoms with Gasteiger partial charge in [0.25, 0.3) is 5.56 Å². The van der Waals surface area contributed by atoms with Crippen LogP contribution >= 0.6 is 0 Å². The Kier molecular flexibility index (Phi) is 9.27. The number of ketones is 1. The van der Waals surface area contributed by atoms with Gasteiger partial charge < -0.3 is 10.2 Å². The second kappa shape index (κ2) is 13.9. The highest BCUT2D eigenvalue weighted by Crippen LogP contribution is 2.32. The van der Waals surface area contributed by atoms with Crippen LogP contribution in [0.1, 0.15) is 79.4 Å². The van der Waals surface area contributed by atoms with Crippen LogP contribution in [0.2, 0.25) is 0 Å². The number of hydrogen-bond acceptors (Lipinski definition) is 11. The molecule has 2 saturated heterocycles. The van der Waals surface area contributed by atoms with Crippen LogP contribution in [0.15, 0.2) is 47.8 Å². The number of Topliss-reactive ketones (excluding diaryl/α,β-unsaturated/α-hetero) is 1. The van der Waals surface area contributed by atoms with E-state index in [-0.39, 0.29) is 35.3 Å². The number of carbonyl (C=O) groups is 3. The van der Waals surface area contributed by atoms with E-state index in [4.69, 9.17) is 4.98 Å². The molecule has 0 spiro atoms. The van der Waals surface area contributed by atoms with Crippen LogP contribution in [0.5, 0.6) is 0 Å². The van der Waals surface area contributed by atoms with Gasteiger partial charge in [-0.2, -0.15) is 4.98 Å². The minimum atomic E-state index is -0.407. The quantitative estimate of drug-likeness (QED) is 0.240. The maximum Gasteiger partial charge on any atom is 0.328 e. The third-order valence-corrected chi connectivity index (χ3v) is 10.3. The maximum atomic E-state index is 13.5. The topological polar surface area (TPSA) is 159 Å². The van der Waals surface area contributed by atoms with E-state index in [1.165, 1.54) is 6.92 Å². The van der Waals surface area contributed by atoms with E-state index in [0.717, 1.165) is 68.6 Å². The van der Waals surface area contributed by atoms with Crippen molar-refractivity contribution in [1.82, 2.24) is 34.7 Å². The number of aryl methyl sites for hydroxylation is 1. The number of nitrogens with one attached hydrogen (secondary N) is 2. The first-order valence-corrected chi connectivity index (χ1v) is 17.3. The monoisotopic (exact) mass is 678 g/mol. The molecule has 7 rings (SSSR count). The van der Waals surface area contributed by atoms with Crippen LogP contribution < -0.4 is 26.0 Å². The van der Waals surface area contributed by atoms with Crippen molar-refractivity contribution in [3.8, 4) is 0 Å². The number of imide groups is 1. The zero-order valence-electron chi connectivity index (χ0n) is 28.7. The molecule has 1 saturated carbocycles. The first-order valence-electron chi connectivity index (χ1n) is 17.3. The van der Waals surface area contributed by atoms with Crippen molar-refractivity contribution in [2.75, 3.05) is 41.8 Å². The van der Waals surface area contributed by atoms with Crippen LogP contribution in [0.4, 0.5) is 27.9 Å². The van der Waals surface area contributed by atoms with Crippen molar-refractivity contribution >= 4 is 51.9 Å². The van der Waals surface area contributed by atoms with Crippen LogP contribution in [0, 0.1) is 6.92 Å². The van der Waals surface area contributed by atoms with Gasteiger partial charge in [0.05, 0.1) is 29.3 Å². The molecule has 4 aromatic rings. The number of nitrogens with zero attached hydrogens (tertiary/aromatic N) is 8. The zero-order chi connectivity index (χ0) is 34.9. The lowest BCUT2D eigenvalue weighted by Gasteiger charge is -2.38. The fraction of sp³-hybridized carbons (Fsp3) is 0.444. The minimum absolute atomic E-state index is 0.0109. The highest BCUT2D eigenvalue weighted by Gasteiger charge is 2.29. The summed E-state index contributed by atoms with van der Waals surface area (Å²) in [6.07, 6.45) is 13.0. The summed E-state index contributed by atoms with van der Waals surface area (Å²) < 4.78 is 1.71. The van der Waals surface area contributed by atoms with E-state index in [1.807, 2.05) is 24.4 Å². The molecule has 0 aromatic carbocycles. The van der Waals surface area contributed by atoms with E-state index in [1.54, 1.807) is 35.0 Å². The first kappa shape index (κ1) is 33.3. The van der Waals surface area contributed by atoms with Gasteiger partial charge in [0.15, 0.2) is 5.78 Å². The van der Waals surface area contributed by atoms with Gasteiger partial charge in [-0.15, -0.1) is 0 Å². The van der Waals surface area contributed by atoms with Gasteiger partial charge in [-0.1, -0.05) is 12.8 Å². The molecular formula is C36H42N10O4. The van der Waals surface area contributed by atoms with E-state index in [0.29, 0.717) is 47.5 Å². The Morgan fingerprint density at radius 3 is 2.48 bits per heavy atom. The second-order valence-electron chi connectivity index (χ2n) is 13.5. The van der Waals surface area contributed by atoms with Crippen molar-refractivity contribution < 1.29 is 14.4 Å². The van der Waals surface area contributed by atoms with E-state index in [2.05, 4.69) is 42.4 Å². The smallest absolute Gasteiger partial charge is 0.328 e. The molecule has 260 valence electrons. The molecule has 3 aliphatic rings. The molecule has 0 atom stereocenters. The lowest BCUT2D eigenvalue weighted by atomic mass is 10.0. The Balaban J connectivity index is 1.00. The van der Waals surface area contributed by atoms with Crippen LogP contribution in [0.25, 0.3) is 11.0 Å². The summed E-state index contributed by atoms with van der Waals surface area (Å²) in [5, 5.41) is 6.31. The van der Waals surface area contributed by atoms with Crippen molar-refractivity contribution in [2.45, 2.75) is 77.4 Å². The van der Waals surface area contributed by atoms with Crippen molar-refractivity contribution in [1.29, 1.82) is 0 Å². The molecule has 50 heavy (non-hydrogen) atoms. The molecule has 3 amide bonds. The summed E-state index contributed by atoms with van der Waals surface area (Å²) in [4.78, 5) is 74.6. The van der Waals surface area contributed by atoms with Crippen LogP contribution in [-0.2, 0) is 11.3 Å². The Bertz CT molecular complexity index is 2000. The molecule has 0 radical (unpaired) electrons. The molecular weight excluding hydrogens is 636 g/mol. The highest BCUT2D eigenvalue weighted by atomic mass is 16.2. The predicted octanol–water partition coefficient (Wildman–Crippen LogP) is 4.50. The number of amides is 3. The summed E-state index contributed by atoms with van der Waals surface area (Å²) >= 11 is 0. The first-order chi connectivity index (χ1) is 24.2. The summed E-state index contributed by atoms with van der Waals surface area (Å²) in [6, 6.07) is 5.85. The summed E-state index contributed by atoms with van der Waals surface area (Å²) in [5.74, 6) is 0.435. The zero-order valence-corrected chi connectivity index (χ0v) is 28.7. The number of carbonyl (C=O) groups excluding carboxylic acids is 3. The molecule has 14 nitrogen and oxygen atoms in total. The average Bonchev–Trinajstić information content (AvgIpc) is 3.64. The SMILES string of the molecule is CC(=O)c1c(C)c2cnc(Nc3ccc(N4CCC(N(C)Cc5ccncc5N5CCC(=O)NC5=O)CC4)cn3)nc2n(C2CCCC2)c1=O. The maximum absolute atomic E-state index is 13.5. The predicted molar refractivity (Wildman–Crippen MR) is 190 cm³/mol. The number of pyridine rings is 3.